The van der Waals surface area contributed by atoms with Gasteiger partial charge in [0.1, 0.15) is 0 Å². The number of carbonyl (C=O) groups excluding carboxylic acids is 2. The molecule has 1 N–H and O–H groups in total. The molecular formula is C24H35NO2S. The standard InChI is InChI=1S/C24H35NO2S/c1-14(10-15-6-8-19-21(12-15)24(27)25-23(19)26)11-16-4-2-3-5-18(16)20-13-17-7-9-22(20)28-17/h6,14,16-22H,2-5,7-13H2,1H3,(H,25,26,27). The maximum atomic E-state index is 12.1. The lowest BCUT2D eigenvalue weighted by Gasteiger charge is -2.40. The van der Waals surface area contributed by atoms with Gasteiger partial charge in [-0.3, -0.25) is 14.9 Å². The molecule has 0 aromatic heterocycles. The zero-order valence-electron chi connectivity index (χ0n) is 17.2. The Hall–Kier alpha value is -0.770. The van der Waals surface area contributed by atoms with Crippen molar-refractivity contribution in [2.24, 2.45) is 35.5 Å². The summed E-state index contributed by atoms with van der Waals surface area (Å²) in [6.45, 7) is 2.42. The molecule has 2 amide bonds. The van der Waals surface area contributed by atoms with Crippen molar-refractivity contribution in [3.8, 4) is 0 Å². The lowest BCUT2D eigenvalue weighted by Crippen LogP contribution is -2.33. The number of fused-ring (bicyclic) bond motifs is 3. The highest BCUT2D eigenvalue weighted by Crippen LogP contribution is 2.56. The van der Waals surface area contributed by atoms with Crippen molar-refractivity contribution in [3.63, 3.8) is 0 Å². The fourth-order valence-electron chi connectivity index (χ4n) is 7.27. The first-order valence-corrected chi connectivity index (χ1v) is 12.7. The Bertz CT molecular complexity index is 674. The highest BCUT2D eigenvalue weighted by atomic mass is 32.2. The molecule has 3 saturated heterocycles. The normalized spacial score (nSPS) is 43.6. The number of nitrogens with one attached hydrogen (secondary N) is 1. The average Bonchev–Trinajstić information content (AvgIpc) is 3.38. The van der Waals surface area contributed by atoms with E-state index < -0.39 is 0 Å². The van der Waals surface area contributed by atoms with Crippen LogP contribution in [0.1, 0.15) is 77.6 Å². The Morgan fingerprint density at radius 1 is 1.07 bits per heavy atom. The molecule has 3 nitrogen and oxygen atoms in total. The van der Waals surface area contributed by atoms with Gasteiger partial charge in [-0.1, -0.05) is 37.8 Å². The molecule has 0 aromatic rings. The quantitative estimate of drug-likeness (QED) is 0.515. The molecule has 28 heavy (non-hydrogen) atoms. The number of hydrogen-bond acceptors (Lipinski definition) is 3. The molecule has 8 unspecified atom stereocenters. The van der Waals surface area contributed by atoms with Crippen molar-refractivity contribution in [2.45, 2.75) is 88.1 Å². The summed E-state index contributed by atoms with van der Waals surface area (Å²) in [6, 6.07) is 0. The summed E-state index contributed by atoms with van der Waals surface area (Å²) in [7, 11) is 0. The molecule has 3 aliphatic heterocycles. The molecule has 0 spiro atoms. The second-order valence-electron chi connectivity index (χ2n) is 10.4. The van der Waals surface area contributed by atoms with Crippen LogP contribution in [0.15, 0.2) is 11.6 Å². The molecule has 3 heterocycles. The number of hydrogen-bond donors (Lipinski definition) is 1. The highest BCUT2D eigenvalue weighted by Gasteiger charge is 2.46. The van der Waals surface area contributed by atoms with Crippen LogP contribution in [-0.2, 0) is 9.59 Å². The summed E-state index contributed by atoms with van der Waals surface area (Å²) >= 11 is 2.32. The van der Waals surface area contributed by atoms with Crippen LogP contribution in [0.2, 0.25) is 0 Å². The Kier molecular flexibility index (Phi) is 5.36. The predicted molar refractivity (Wildman–Crippen MR) is 114 cm³/mol. The second kappa shape index (κ2) is 7.81. The van der Waals surface area contributed by atoms with Gasteiger partial charge in [-0.25, -0.2) is 0 Å². The van der Waals surface area contributed by atoms with E-state index in [0.29, 0.717) is 5.92 Å². The van der Waals surface area contributed by atoms with Crippen molar-refractivity contribution in [1.82, 2.24) is 5.32 Å². The van der Waals surface area contributed by atoms with Crippen LogP contribution in [0.3, 0.4) is 0 Å². The number of carbonyl (C=O) groups is 2. The van der Waals surface area contributed by atoms with E-state index in [1.165, 1.54) is 56.9 Å². The van der Waals surface area contributed by atoms with Gasteiger partial charge < -0.3 is 0 Å². The number of allylic oxidation sites excluding steroid dienone is 2. The minimum Gasteiger partial charge on any atom is -0.296 e. The van der Waals surface area contributed by atoms with E-state index in [4.69, 9.17) is 0 Å². The van der Waals surface area contributed by atoms with Crippen LogP contribution in [0.5, 0.6) is 0 Å². The molecule has 0 radical (unpaired) electrons. The van der Waals surface area contributed by atoms with Crippen LogP contribution in [0, 0.1) is 35.5 Å². The summed E-state index contributed by atoms with van der Waals surface area (Å²) in [5.41, 5.74) is 1.43. The van der Waals surface area contributed by atoms with Crippen LogP contribution >= 0.6 is 11.8 Å². The van der Waals surface area contributed by atoms with E-state index >= 15 is 0 Å². The maximum Gasteiger partial charge on any atom is 0.230 e. The minimum atomic E-state index is -0.0930. The monoisotopic (exact) mass is 401 g/mol. The highest BCUT2D eigenvalue weighted by molar-refractivity contribution is 8.01. The molecule has 154 valence electrons. The van der Waals surface area contributed by atoms with Crippen LogP contribution < -0.4 is 5.32 Å². The molecule has 8 atom stereocenters. The molecule has 5 rings (SSSR count). The van der Waals surface area contributed by atoms with Crippen LogP contribution in [0.4, 0.5) is 0 Å². The Morgan fingerprint density at radius 2 is 1.89 bits per heavy atom. The van der Waals surface area contributed by atoms with Gasteiger partial charge in [0.2, 0.25) is 11.8 Å². The van der Waals surface area contributed by atoms with Gasteiger partial charge in [-0.05, 0) is 75.0 Å². The minimum absolute atomic E-state index is 0.0330. The predicted octanol–water partition coefficient (Wildman–Crippen LogP) is 5.10. The fraction of sp³-hybridized carbons (Fsp3) is 0.833. The SMILES string of the molecule is CC(CC1=CCC2C(=O)NC(=O)C2C1)CC1CCCCC1C1CC2CCC1S2. The van der Waals surface area contributed by atoms with E-state index in [1.54, 1.807) is 0 Å². The lowest BCUT2D eigenvalue weighted by molar-refractivity contribution is -0.126. The molecule has 0 aromatic carbocycles. The molecule has 2 bridgehead atoms. The van der Waals surface area contributed by atoms with E-state index in [-0.39, 0.29) is 23.7 Å². The van der Waals surface area contributed by atoms with Crippen molar-refractivity contribution in [2.75, 3.05) is 0 Å². The summed E-state index contributed by atoms with van der Waals surface area (Å²) in [6.07, 6.45) is 16.6. The van der Waals surface area contributed by atoms with E-state index in [2.05, 4.69) is 30.1 Å². The first-order valence-electron chi connectivity index (χ1n) is 11.8. The van der Waals surface area contributed by atoms with Gasteiger partial charge in [-0.2, -0.15) is 11.8 Å². The van der Waals surface area contributed by atoms with Crippen LogP contribution in [0.25, 0.3) is 0 Å². The van der Waals surface area contributed by atoms with Gasteiger partial charge in [0.25, 0.3) is 0 Å². The third kappa shape index (κ3) is 3.59. The van der Waals surface area contributed by atoms with Gasteiger partial charge in [-0.15, -0.1) is 0 Å². The summed E-state index contributed by atoms with van der Waals surface area (Å²) < 4.78 is 0. The van der Waals surface area contributed by atoms with Crippen LogP contribution in [-0.4, -0.2) is 22.3 Å². The van der Waals surface area contributed by atoms with Crippen molar-refractivity contribution >= 4 is 23.6 Å². The number of thioether (sulfide) groups is 1. The molecular weight excluding hydrogens is 366 g/mol. The smallest absolute Gasteiger partial charge is 0.230 e. The topological polar surface area (TPSA) is 46.2 Å². The zero-order chi connectivity index (χ0) is 19.3. The maximum absolute atomic E-state index is 12.1. The van der Waals surface area contributed by atoms with Gasteiger partial charge in [0.15, 0.2) is 0 Å². The van der Waals surface area contributed by atoms with E-state index in [9.17, 15) is 9.59 Å². The molecule has 4 fully saturated rings. The summed E-state index contributed by atoms with van der Waals surface area (Å²) in [5.74, 6) is 3.33. The number of rotatable bonds is 5. The van der Waals surface area contributed by atoms with Gasteiger partial charge in [0.05, 0.1) is 11.8 Å². The zero-order valence-corrected chi connectivity index (χ0v) is 18.0. The van der Waals surface area contributed by atoms with Crippen molar-refractivity contribution in [3.05, 3.63) is 11.6 Å². The molecule has 1 saturated carbocycles. The molecule has 2 aliphatic carbocycles. The third-order valence-corrected chi connectivity index (χ3v) is 10.3. The average molecular weight is 402 g/mol. The van der Waals surface area contributed by atoms with Crippen molar-refractivity contribution in [1.29, 1.82) is 0 Å². The van der Waals surface area contributed by atoms with E-state index in [0.717, 1.165) is 47.5 Å². The number of amides is 2. The Balaban J connectivity index is 1.19. The largest absolute Gasteiger partial charge is 0.296 e. The lowest BCUT2D eigenvalue weighted by atomic mass is 9.65. The third-order valence-electron chi connectivity index (χ3n) is 8.53. The molecule has 4 heteroatoms. The van der Waals surface area contributed by atoms with Gasteiger partial charge >= 0.3 is 0 Å². The first kappa shape index (κ1) is 19.2. The molecule has 5 aliphatic rings. The second-order valence-corrected chi connectivity index (χ2v) is 11.9. The number of imide groups is 1. The Morgan fingerprint density at radius 3 is 2.68 bits per heavy atom. The fourth-order valence-corrected chi connectivity index (χ4v) is 9.16. The van der Waals surface area contributed by atoms with Crippen molar-refractivity contribution < 1.29 is 9.59 Å². The van der Waals surface area contributed by atoms with E-state index in [1.807, 2.05) is 0 Å². The summed E-state index contributed by atoms with van der Waals surface area (Å²) in [5, 5.41) is 4.49. The van der Waals surface area contributed by atoms with Gasteiger partial charge in [0, 0.05) is 10.5 Å². The first-order chi connectivity index (χ1) is 13.6. The Labute approximate surface area is 173 Å². The summed E-state index contributed by atoms with van der Waals surface area (Å²) in [4.78, 5) is 23.9.